The van der Waals surface area contributed by atoms with Gasteiger partial charge in [0.2, 0.25) is 5.91 Å². The summed E-state index contributed by atoms with van der Waals surface area (Å²) >= 11 is 0. The number of carbonyl (C=O) groups excluding carboxylic acids is 2. The highest BCUT2D eigenvalue weighted by molar-refractivity contribution is 5.94. The van der Waals surface area contributed by atoms with Gasteiger partial charge in [0.15, 0.2) is 0 Å². The van der Waals surface area contributed by atoms with Crippen molar-refractivity contribution < 1.29 is 19.4 Å². The molecule has 0 aromatic heterocycles. The normalized spacial score (nSPS) is 39.1. The molecule has 2 heterocycles. The zero-order valence-corrected chi connectivity index (χ0v) is 13.1. The molecule has 2 saturated heterocycles. The summed E-state index contributed by atoms with van der Waals surface area (Å²) in [5.74, 6) is -1.38. The maximum Gasteiger partial charge on any atom is 0.252 e. The molecule has 1 aliphatic carbocycles. The SMILES string of the molecule is CNC(=O)C1C(O)C(=O)N(C2CCCCC2)C1C1OC1NC. The molecular weight excluding hydrogens is 286 g/mol. The molecule has 0 bridgehead atoms. The highest BCUT2D eigenvalue weighted by Gasteiger charge is 2.61. The number of aliphatic hydroxyl groups excluding tert-OH is 1. The number of carbonyl (C=O) groups is 2. The van der Waals surface area contributed by atoms with E-state index in [4.69, 9.17) is 4.74 Å². The molecule has 5 atom stereocenters. The maximum absolute atomic E-state index is 12.6. The van der Waals surface area contributed by atoms with Crippen molar-refractivity contribution in [1.29, 1.82) is 0 Å². The Morgan fingerprint density at radius 1 is 1.27 bits per heavy atom. The molecule has 124 valence electrons. The lowest BCUT2D eigenvalue weighted by Gasteiger charge is -2.36. The molecular formula is C15H25N3O4. The average Bonchev–Trinajstić information content (AvgIpc) is 3.28. The first kappa shape index (κ1) is 15.7. The fraction of sp³-hybridized carbons (Fsp3) is 0.867. The van der Waals surface area contributed by atoms with E-state index in [-0.39, 0.29) is 36.2 Å². The summed E-state index contributed by atoms with van der Waals surface area (Å²) in [5, 5.41) is 15.9. The highest BCUT2D eigenvalue weighted by Crippen LogP contribution is 2.41. The van der Waals surface area contributed by atoms with Crippen molar-refractivity contribution in [2.45, 2.75) is 62.6 Å². The zero-order chi connectivity index (χ0) is 15.9. The van der Waals surface area contributed by atoms with Gasteiger partial charge in [0.1, 0.15) is 18.4 Å². The van der Waals surface area contributed by atoms with E-state index >= 15 is 0 Å². The van der Waals surface area contributed by atoms with Crippen LogP contribution in [0.5, 0.6) is 0 Å². The summed E-state index contributed by atoms with van der Waals surface area (Å²) in [4.78, 5) is 26.6. The quantitative estimate of drug-likeness (QED) is 0.591. The van der Waals surface area contributed by atoms with E-state index in [1.165, 1.54) is 13.5 Å². The number of amides is 2. The number of likely N-dealkylation sites (N-methyl/N-ethyl adjacent to an activating group) is 1. The van der Waals surface area contributed by atoms with Crippen molar-refractivity contribution in [3.8, 4) is 0 Å². The lowest BCUT2D eigenvalue weighted by atomic mass is 9.90. The number of nitrogens with zero attached hydrogens (tertiary/aromatic N) is 1. The third-order valence-electron chi connectivity index (χ3n) is 5.20. The Kier molecular flexibility index (Phi) is 4.38. The van der Waals surface area contributed by atoms with Gasteiger partial charge in [-0.3, -0.25) is 14.9 Å². The summed E-state index contributed by atoms with van der Waals surface area (Å²) in [6.45, 7) is 0. The van der Waals surface area contributed by atoms with E-state index in [9.17, 15) is 14.7 Å². The Balaban J connectivity index is 1.88. The molecule has 1 saturated carbocycles. The molecule has 2 amide bonds. The Morgan fingerprint density at radius 2 is 1.95 bits per heavy atom. The molecule has 2 aliphatic heterocycles. The minimum atomic E-state index is -1.27. The molecule has 7 nitrogen and oxygen atoms in total. The maximum atomic E-state index is 12.6. The molecule has 7 heteroatoms. The lowest BCUT2D eigenvalue weighted by Crippen LogP contribution is -2.50. The Bertz CT molecular complexity index is 452. The highest BCUT2D eigenvalue weighted by atomic mass is 16.6. The number of rotatable bonds is 4. The second kappa shape index (κ2) is 6.14. The summed E-state index contributed by atoms with van der Waals surface area (Å²) < 4.78 is 5.60. The van der Waals surface area contributed by atoms with E-state index in [0.717, 1.165) is 25.7 Å². The van der Waals surface area contributed by atoms with Gasteiger partial charge in [-0.05, 0) is 19.9 Å². The lowest BCUT2D eigenvalue weighted by molar-refractivity contribution is -0.139. The fourth-order valence-electron chi connectivity index (χ4n) is 4.04. The number of hydrogen-bond donors (Lipinski definition) is 3. The standard InChI is InChI=1S/C15H25N3O4/c1-16-13(20)9-10(12-14(17-2)22-12)18(15(21)11(9)19)8-6-4-3-5-7-8/h8-12,14,17,19H,3-7H2,1-2H3,(H,16,20). The number of nitrogens with one attached hydrogen (secondary N) is 2. The second-order valence-electron chi connectivity index (χ2n) is 6.42. The van der Waals surface area contributed by atoms with Crippen LogP contribution in [-0.4, -0.2) is 66.4 Å². The summed E-state index contributed by atoms with van der Waals surface area (Å²) in [5.41, 5.74) is 0. The van der Waals surface area contributed by atoms with Crippen molar-refractivity contribution in [3.05, 3.63) is 0 Å². The number of epoxide rings is 1. The van der Waals surface area contributed by atoms with E-state index in [1.54, 1.807) is 11.9 Å². The van der Waals surface area contributed by atoms with E-state index in [2.05, 4.69) is 10.6 Å². The molecule has 0 aromatic carbocycles. The number of ether oxygens (including phenoxy) is 1. The first-order chi connectivity index (χ1) is 10.6. The van der Waals surface area contributed by atoms with Crippen LogP contribution in [0.15, 0.2) is 0 Å². The van der Waals surface area contributed by atoms with Gasteiger partial charge in [-0.15, -0.1) is 0 Å². The topological polar surface area (TPSA) is 94.2 Å². The molecule has 22 heavy (non-hydrogen) atoms. The average molecular weight is 311 g/mol. The van der Waals surface area contributed by atoms with Crippen LogP contribution in [0, 0.1) is 5.92 Å². The number of aliphatic hydroxyl groups is 1. The monoisotopic (exact) mass is 311 g/mol. The van der Waals surface area contributed by atoms with Crippen molar-refractivity contribution in [3.63, 3.8) is 0 Å². The van der Waals surface area contributed by atoms with E-state index in [0.29, 0.717) is 0 Å². The predicted octanol–water partition coefficient (Wildman–Crippen LogP) is -0.803. The van der Waals surface area contributed by atoms with E-state index < -0.39 is 12.0 Å². The van der Waals surface area contributed by atoms with Crippen LogP contribution < -0.4 is 10.6 Å². The van der Waals surface area contributed by atoms with Crippen molar-refractivity contribution in [1.82, 2.24) is 15.5 Å². The second-order valence-corrected chi connectivity index (χ2v) is 6.42. The van der Waals surface area contributed by atoms with Crippen LogP contribution in [0.1, 0.15) is 32.1 Å². The van der Waals surface area contributed by atoms with Gasteiger partial charge in [-0.25, -0.2) is 0 Å². The van der Waals surface area contributed by atoms with Gasteiger partial charge < -0.3 is 20.1 Å². The van der Waals surface area contributed by atoms with Crippen molar-refractivity contribution in [2.24, 2.45) is 5.92 Å². The Morgan fingerprint density at radius 3 is 2.50 bits per heavy atom. The minimum absolute atomic E-state index is 0.109. The largest absolute Gasteiger partial charge is 0.382 e. The summed E-state index contributed by atoms with van der Waals surface area (Å²) in [6.07, 6.45) is 3.58. The first-order valence-electron chi connectivity index (χ1n) is 8.14. The fourth-order valence-corrected chi connectivity index (χ4v) is 4.04. The van der Waals surface area contributed by atoms with Gasteiger partial charge in [-0.1, -0.05) is 19.3 Å². The van der Waals surface area contributed by atoms with Crippen LogP contribution in [0.4, 0.5) is 0 Å². The summed E-state index contributed by atoms with van der Waals surface area (Å²) in [6, 6.07) is -0.278. The molecule has 0 radical (unpaired) electrons. The van der Waals surface area contributed by atoms with Gasteiger partial charge in [0.25, 0.3) is 5.91 Å². The molecule has 5 unspecified atom stereocenters. The van der Waals surface area contributed by atoms with Crippen LogP contribution in [0.3, 0.4) is 0 Å². The Hall–Kier alpha value is -1.18. The van der Waals surface area contributed by atoms with Crippen LogP contribution in [0.25, 0.3) is 0 Å². The number of hydrogen-bond acceptors (Lipinski definition) is 5. The van der Waals surface area contributed by atoms with Gasteiger partial charge >= 0.3 is 0 Å². The van der Waals surface area contributed by atoms with Crippen LogP contribution in [-0.2, 0) is 14.3 Å². The van der Waals surface area contributed by atoms with Gasteiger partial charge in [0, 0.05) is 13.1 Å². The van der Waals surface area contributed by atoms with Gasteiger partial charge in [-0.2, -0.15) is 0 Å². The van der Waals surface area contributed by atoms with Gasteiger partial charge in [0.05, 0.1) is 12.0 Å². The van der Waals surface area contributed by atoms with Crippen molar-refractivity contribution >= 4 is 11.8 Å². The third kappa shape index (κ3) is 2.51. The first-order valence-corrected chi connectivity index (χ1v) is 8.14. The van der Waals surface area contributed by atoms with E-state index in [1.807, 2.05) is 0 Å². The van der Waals surface area contributed by atoms with Crippen molar-refractivity contribution in [2.75, 3.05) is 14.1 Å². The molecule has 3 aliphatic rings. The Labute approximate surface area is 130 Å². The van der Waals surface area contributed by atoms with Crippen LogP contribution in [0.2, 0.25) is 0 Å². The molecule has 0 aromatic rings. The summed E-state index contributed by atoms with van der Waals surface area (Å²) in [7, 11) is 3.32. The molecule has 3 rings (SSSR count). The zero-order valence-electron chi connectivity index (χ0n) is 13.1. The smallest absolute Gasteiger partial charge is 0.252 e. The molecule has 0 spiro atoms. The minimum Gasteiger partial charge on any atom is -0.382 e. The molecule has 3 fully saturated rings. The third-order valence-corrected chi connectivity index (χ3v) is 5.20. The predicted molar refractivity (Wildman–Crippen MR) is 78.8 cm³/mol. The van der Waals surface area contributed by atoms with Crippen LogP contribution >= 0.6 is 0 Å². The molecule has 3 N–H and O–H groups in total. The number of likely N-dealkylation sites (tertiary alicyclic amines) is 1.